The number of aryl methyl sites for hydroxylation is 3. The number of nitrogens with zero attached hydrogens (tertiary/aromatic N) is 3. The Balaban J connectivity index is 1.85. The molecule has 0 fully saturated rings. The number of fused-ring (bicyclic) bond motifs is 3. The lowest BCUT2D eigenvalue weighted by Gasteiger charge is -2.41. The zero-order valence-electron chi connectivity index (χ0n) is 24.3. The van der Waals surface area contributed by atoms with Crippen molar-refractivity contribution < 1.29 is 9.90 Å². The molecule has 1 unspecified atom stereocenters. The Labute approximate surface area is 227 Å². The summed E-state index contributed by atoms with van der Waals surface area (Å²) in [5.74, 6) is 1.35. The zero-order valence-corrected chi connectivity index (χ0v) is 24.3. The highest BCUT2D eigenvalue weighted by Crippen LogP contribution is 2.50. The van der Waals surface area contributed by atoms with Gasteiger partial charge >= 0.3 is 0 Å². The Kier molecular flexibility index (Phi) is 7.32. The van der Waals surface area contributed by atoms with Crippen molar-refractivity contribution in [1.82, 2.24) is 14.5 Å². The number of pyridine rings is 1. The van der Waals surface area contributed by atoms with Crippen LogP contribution in [0.3, 0.4) is 0 Å². The van der Waals surface area contributed by atoms with Crippen molar-refractivity contribution in [3.63, 3.8) is 0 Å². The number of anilines is 2. The molecule has 8 heteroatoms. The lowest BCUT2D eigenvalue weighted by Crippen LogP contribution is -2.41. The number of carbonyl (C=O) groups excluding carboxylic acids is 1. The summed E-state index contributed by atoms with van der Waals surface area (Å²) in [4.78, 5) is 22.9. The van der Waals surface area contributed by atoms with E-state index in [0.717, 1.165) is 78.0 Å². The molecule has 6 N–H and O–H groups in total. The van der Waals surface area contributed by atoms with Crippen molar-refractivity contribution in [2.75, 3.05) is 17.6 Å². The van der Waals surface area contributed by atoms with Crippen LogP contribution in [0.2, 0.25) is 0 Å². The van der Waals surface area contributed by atoms with Crippen LogP contribution in [-0.4, -0.2) is 32.1 Å². The Hall–Kier alpha value is -3.03. The summed E-state index contributed by atoms with van der Waals surface area (Å²) in [7, 11) is 0. The zero-order chi connectivity index (χ0) is 28.0. The highest BCUT2D eigenvalue weighted by Gasteiger charge is 2.44. The van der Waals surface area contributed by atoms with E-state index in [4.69, 9.17) is 16.5 Å². The molecule has 1 amide bonds. The largest absolute Gasteiger partial charge is 0.508 e. The number of hydrogen-bond acceptors (Lipinski definition) is 6. The minimum absolute atomic E-state index is 0.302. The third-order valence-electron chi connectivity index (χ3n) is 8.16. The van der Waals surface area contributed by atoms with Gasteiger partial charge in [-0.2, -0.15) is 0 Å². The maximum atomic E-state index is 13.3. The Morgan fingerprint density at radius 3 is 2.50 bits per heavy atom. The summed E-state index contributed by atoms with van der Waals surface area (Å²) in [5, 5.41) is 14.9. The molecule has 0 saturated heterocycles. The van der Waals surface area contributed by atoms with E-state index in [1.54, 1.807) is 0 Å². The number of nitrogens with one attached hydrogen (secondary N) is 1. The van der Waals surface area contributed by atoms with Crippen molar-refractivity contribution in [3.8, 4) is 0 Å². The van der Waals surface area contributed by atoms with Gasteiger partial charge in [-0.05, 0) is 54.1 Å². The van der Waals surface area contributed by atoms with Crippen molar-refractivity contribution in [3.05, 3.63) is 34.5 Å². The monoisotopic (exact) mass is 522 g/mol. The number of nitrogen functional groups attached to an aromatic ring is 1. The molecule has 3 heterocycles. The maximum absolute atomic E-state index is 13.3. The number of unbranched alkanes of at least 4 members (excludes halogenated alkanes) is 1. The van der Waals surface area contributed by atoms with E-state index in [2.05, 4.69) is 63.3 Å². The number of hydrogen-bond donors (Lipinski definition) is 4. The molecule has 0 spiro atoms. The van der Waals surface area contributed by atoms with E-state index >= 15 is 0 Å². The van der Waals surface area contributed by atoms with Gasteiger partial charge in [-0.15, -0.1) is 0 Å². The van der Waals surface area contributed by atoms with E-state index in [1.165, 1.54) is 0 Å². The van der Waals surface area contributed by atoms with Crippen molar-refractivity contribution in [2.24, 2.45) is 22.0 Å². The first-order chi connectivity index (χ1) is 17.7. The summed E-state index contributed by atoms with van der Waals surface area (Å²) in [6.45, 7) is 16.0. The number of primary amides is 1. The molecule has 0 radical (unpaired) electrons. The molecule has 8 nitrogen and oxygen atoms in total. The Morgan fingerprint density at radius 1 is 1.18 bits per heavy atom. The molecule has 1 aliphatic heterocycles. The molecular formula is C30H46N6O2. The molecule has 2 aromatic heterocycles. The van der Waals surface area contributed by atoms with Gasteiger partial charge < -0.3 is 26.5 Å². The topological polar surface area (TPSA) is 132 Å². The standard InChI is InChI=1S/C30H46N6O2/c1-8-9-12-21-35-23-24(22-20(34-26(23)31)11-10-14-33-22)36(21)15-13-30(27(32)38)16-18(28(2,3)4)25(37)19(17-30)29(5,6)7/h16,33,37H,8-15,17H2,1-7H3,(H2,31,34)(H2,32,38). The average Bonchev–Trinajstić information content (AvgIpc) is 3.20. The van der Waals surface area contributed by atoms with Crippen LogP contribution in [-0.2, 0) is 24.2 Å². The van der Waals surface area contributed by atoms with E-state index < -0.39 is 5.41 Å². The SMILES string of the molecule is CCCCc1nc2c(N)nc3c(c2n1CCC1(C(N)=O)C=C(C(C)(C)C)C(O)=C(C(C)(C)C)C1)NCCC3. The second-order valence-electron chi connectivity index (χ2n) is 13.2. The highest BCUT2D eigenvalue weighted by molar-refractivity contribution is 5.96. The number of nitrogens with two attached hydrogens (primary N) is 2. The molecule has 4 rings (SSSR count). The van der Waals surface area contributed by atoms with Crippen LogP contribution in [0.1, 0.15) is 92.1 Å². The van der Waals surface area contributed by atoms with Gasteiger partial charge in [0.05, 0.1) is 22.3 Å². The third kappa shape index (κ3) is 5.02. The number of aliphatic hydroxyl groups is 1. The molecule has 38 heavy (non-hydrogen) atoms. The van der Waals surface area contributed by atoms with Gasteiger partial charge in [-0.1, -0.05) is 61.0 Å². The molecule has 0 bridgehead atoms. The van der Waals surface area contributed by atoms with E-state index in [-0.39, 0.29) is 16.7 Å². The average molecular weight is 523 g/mol. The fraction of sp³-hybridized carbons (Fsp3) is 0.633. The predicted octanol–water partition coefficient (Wildman–Crippen LogP) is 5.81. The second kappa shape index (κ2) is 9.93. The van der Waals surface area contributed by atoms with Crippen LogP contribution in [0.25, 0.3) is 11.0 Å². The minimum atomic E-state index is -0.928. The van der Waals surface area contributed by atoms with Crippen LogP contribution in [0.15, 0.2) is 23.0 Å². The fourth-order valence-corrected chi connectivity index (χ4v) is 5.83. The van der Waals surface area contributed by atoms with Gasteiger partial charge in [0.1, 0.15) is 17.1 Å². The van der Waals surface area contributed by atoms with Gasteiger partial charge in [0.15, 0.2) is 5.82 Å². The van der Waals surface area contributed by atoms with Gasteiger partial charge in [0.25, 0.3) is 0 Å². The molecule has 208 valence electrons. The summed E-state index contributed by atoms with van der Waals surface area (Å²) in [5.41, 5.74) is 16.4. The number of carbonyl (C=O) groups is 1. The number of allylic oxidation sites excluding steroid dienone is 2. The van der Waals surface area contributed by atoms with Crippen LogP contribution in [0.4, 0.5) is 11.5 Å². The fourth-order valence-electron chi connectivity index (χ4n) is 5.83. The minimum Gasteiger partial charge on any atom is -0.508 e. The summed E-state index contributed by atoms with van der Waals surface area (Å²) in [6.07, 6.45) is 7.61. The van der Waals surface area contributed by atoms with Crippen LogP contribution in [0, 0.1) is 16.2 Å². The van der Waals surface area contributed by atoms with Gasteiger partial charge in [0, 0.05) is 19.5 Å². The summed E-state index contributed by atoms with van der Waals surface area (Å²) < 4.78 is 2.24. The molecular weight excluding hydrogens is 476 g/mol. The van der Waals surface area contributed by atoms with Crippen molar-refractivity contribution in [2.45, 2.75) is 100.0 Å². The van der Waals surface area contributed by atoms with Gasteiger partial charge in [-0.3, -0.25) is 4.79 Å². The van der Waals surface area contributed by atoms with Gasteiger partial charge in [0.2, 0.25) is 5.91 Å². The first-order valence-electron chi connectivity index (χ1n) is 14.1. The number of imidazole rings is 1. The van der Waals surface area contributed by atoms with E-state index in [9.17, 15) is 9.90 Å². The number of aromatic nitrogens is 3. The summed E-state index contributed by atoms with van der Waals surface area (Å²) >= 11 is 0. The van der Waals surface area contributed by atoms with Crippen molar-refractivity contribution in [1.29, 1.82) is 0 Å². The predicted molar refractivity (Wildman–Crippen MR) is 155 cm³/mol. The number of rotatable bonds is 7. The van der Waals surface area contributed by atoms with Crippen LogP contribution >= 0.6 is 0 Å². The number of amides is 1. The maximum Gasteiger partial charge on any atom is 0.227 e. The lowest BCUT2D eigenvalue weighted by molar-refractivity contribution is -0.126. The van der Waals surface area contributed by atoms with Crippen molar-refractivity contribution >= 4 is 28.4 Å². The molecule has 0 aromatic carbocycles. The second-order valence-corrected chi connectivity index (χ2v) is 13.2. The van der Waals surface area contributed by atoms with Crippen LogP contribution < -0.4 is 16.8 Å². The van der Waals surface area contributed by atoms with Gasteiger partial charge in [-0.25, -0.2) is 9.97 Å². The van der Waals surface area contributed by atoms with E-state index in [0.29, 0.717) is 31.0 Å². The highest BCUT2D eigenvalue weighted by atomic mass is 16.3. The Bertz CT molecular complexity index is 1300. The first kappa shape index (κ1) is 28.0. The Morgan fingerprint density at radius 2 is 1.89 bits per heavy atom. The third-order valence-corrected chi connectivity index (χ3v) is 8.16. The molecule has 1 aliphatic carbocycles. The molecule has 1 atom stereocenters. The smallest absolute Gasteiger partial charge is 0.227 e. The van der Waals surface area contributed by atoms with E-state index in [1.807, 2.05) is 6.08 Å². The summed E-state index contributed by atoms with van der Waals surface area (Å²) in [6, 6.07) is 0. The number of aliphatic hydroxyl groups excluding tert-OH is 1. The molecule has 2 aromatic rings. The first-order valence-corrected chi connectivity index (χ1v) is 14.1. The molecule has 0 saturated carbocycles. The molecule has 2 aliphatic rings. The lowest BCUT2D eigenvalue weighted by atomic mass is 9.64. The quantitative estimate of drug-likeness (QED) is 0.363. The normalized spacial score (nSPS) is 20.3. The van der Waals surface area contributed by atoms with Crippen LogP contribution in [0.5, 0.6) is 0 Å².